The second-order valence-electron chi connectivity index (χ2n) is 8.72. The van der Waals surface area contributed by atoms with Crippen LogP contribution in [-0.4, -0.2) is 67.7 Å². The van der Waals surface area contributed by atoms with Crippen molar-refractivity contribution >= 4 is 28.3 Å². The number of halogens is 1. The van der Waals surface area contributed by atoms with Crippen LogP contribution in [0.2, 0.25) is 0 Å². The van der Waals surface area contributed by atoms with E-state index in [9.17, 15) is 4.79 Å². The van der Waals surface area contributed by atoms with Gasteiger partial charge >= 0.3 is 0 Å². The van der Waals surface area contributed by atoms with E-state index in [-0.39, 0.29) is 11.3 Å². The van der Waals surface area contributed by atoms with Gasteiger partial charge in [-0.1, -0.05) is 0 Å². The van der Waals surface area contributed by atoms with Crippen LogP contribution in [0.1, 0.15) is 34.9 Å². The highest BCUT2D eigenvalue weighted by Crippen LogP contribution is 2.33. The number of aromatic amines is 1. The zero-order chi connectivity index (χ0) is 22.9. The number of pyridine rings is 1. The molecule has 2 aliphatic heterocycles. The highest BCUT2D eigenvalue weighted by atomic mass is 19.1. The summed E-state index contributed by atoms with van der Waals surface area (Å²) in [5.41, 5.74) is 2.61. The van der Waals surface area contributed by atoms with Gasteiger partial charge in [0.25, 0.3) is 5.91 Å². The number of rotatable bonds is 5. The number of likely N-dealkylation sites (tertiary alicyclic amines) is 1. The minimum atomic E-state index is -0.618. The summed E-state index contributed by atoms with van der Waals surface area (Å²) in [6, 6.07) is 7.37. The van der Waals surface area contributed by atoms with Crippen molar-refractivity contribution in [2.24, 2.45) is 0 Å². The minimum Gasteiger partial charge on any atom is -0.496 e. The fourth-order valence-electron chi connectivity index (χ4n) is 4.83. The molecule has 0 bridgehead atoms. The lowest BCUT2D eigenvalue weighted by Crippen LogP contribution is -2.43. The van der Waals surface area contributed by atoms with E-state index >= 15 is 4.39 Å². The summed E-state index contributed by atoms with van der Waals surface area (Å²) < 4.78 is 20.4. The molecule has 0 saturated carbocycles. The Kier molecular flexibility index (Phi) is 5.90. The molecule has 174 valence electrons. The van der Waals surface area contributed by atoms with Gasteiger partial charge < -0.3 is 25.3 Å². The van der Waals surface area contributed by atoms with Gasteiger partial charge in [-0.25, -0.2) is 9.37 Å². The fraction of sp³-hybridized carbons (Fsp3) is 0.417. The third-order valence-corrected chi connectivity index (χ3v) is 6.61. The van der Waals surface area contributed by atoms with Crippen molar-refractivity contribution in [1.82, 2.24) is 20.2 Å². The summed E-state index contributed by atoms with van der Waals surface area (Å²) in [5.74, 6) is -0.653. The number of benzene rings is 1. The Hall–Kier alpha value is -3.17. The number of ether oxygens (including phenoxy) is 1. The van der Waals surface area contributed by atoms with Crippen LogP contribution in [0.4, 0.5) is 15.9 Å². The van der Waals surface area contributed by atoms with Crippen molar-refractivity contribution in [2.45, 2.75) is 18.9 Å². The average Bonchev–Trinajstić information content (AvgIpc) is 3.44. The first-order valence-electron chi connectivity index (χ1n) is 11.4. The zero-order valence-corrected chi connectivity index (χ0v) is 18.9. The summed E-state index contributed by atoms with van der Waals surface area (Å²) in [4.78, 5) is 25.2. The Morgan fingerprint density at radius 3 is 2.76 bits per heavy atom. The summed E-state index contributed by atoms with van der Waals surface area (Å²) >= 11 is 0. The highest BCUT2D eigenvalue weighted by Gasteiger charge is 2.25. The van der Waals surface area contributed by atoms with Gasteiger partial charge in [-0.2, -0.15) is 0 Å². The normalized spacial score (nSPS) is 19.2. The van der Waals surface area contributed by atoms with Crippen molar-refractivity contribution in [3.63, 3.8) is 0 Å². The SMILES string of the molecule is COc1cc(N2CCNCC2)cc(F)c1C(=O)Nc1cc2[nH]c([C@H]3CCCN3C)cc2cn1. The predicted octanol–water partition coefficient (Wildman–Crippen LogP) is 3.14. The molecule has 0 spiro atoms. The number of carbonyl (C=O) groups is 1. The third kappa shape index (κ3) is 4.26. The Morgan fingerprint density at radius 2 is 2.03 bits per heavy atom. The van der Waals surface area contributed by atoms with E-state index in [0.29, 0.717) is 17.5 Å². The zero-order valence-electron chi connectivity index (χ0n) is 18.9. The van der Waals surface area contributed by atoms with Crippen molar-refractivity contribution in [1.29, 1.82) is 0 Å². The van der Waals surface area contributed by atoms with Crippen LogP contribution < -0.4 is 20.3 Å². The van der Waals surface area contributed by atoms with Gasteiger partial charge in [0.15, 0.2) is 0 Å². The number of nitrogens with one attached hydrogen (secondary N) is 3. The quantitative estimate of drug-likeness (QED) is 0.552. The molecule has 9 heteroatoms. The maximum atomic E-state index is 15.1. The van der Waals surface area contributed by atoms with Crippen LogP contribution in [0.25, 0.3) is 10.9 Å². The molecule has 2 aromatic heterocycles. The van der Waals surface area contributed by atoms with E-state index in [4.69, 9.17) is 4.74 Å². The third-order valence-electron chi connectivity index (χ3n) is 6.61. The number of amides is 1. The number of hydrogen-bond donors (Lipinski definition) is 3. The summed E-state index contributed by atoms with van der Waals surface area (Å²) in [5, 5.41) is 6.98. The van der Waals surface area contributed by atoms with Crippen LogP contribution in [0, 0.1) is 5.82 Å². The molecule has 33 heavy (non-hydrogen) atoms. The molecule has 1 atom stereocenters. The van der Waals surface area contributed by atoms with Gasteiger partial charge in [0.2, 0.25) is 0 Å². The van der Waals surface area contributed by atoms with E-state index in [0.717, 1.165) is 55.7 Å². The molecular weight excluding hydrogens is 423 g/mol. The molecule has 1 aromatic carbocycles. The molecule has 5 rings (SSSR count). The van der Waals surface area contributed by atoms with Gasteiger partial charge in [0.05, 0.1) is 12.6 Å². The minimum absolute atomic E-state index is 0.127. The fourth-order valence-corrected chi connectivity index (χ4v) is 4.83. The Bertz CT molecular complexity index is 1170. The largest absolute Gasteiger partial charge is 0.496 e. The lowest BCUT2D eigenvalue weighted by atomic mass is 10.1. The number of methoxy groups -OCH3 is 1. The van der Waals surface area contributed by atoms with E-state index < -0.39 is 11.7 Å². The molecule has 3 aromatic rings. The van der Waals surface area contributed by atoms with Crippen molar-refractivity contribution in [2.75, 3.05) is 57.1 Å². The second kappa shape index (κ2) is 8.99. The summed E-state index contributed by atoms with van der Waals surface area (Å²) in [6.45, 7) is 4.29. The molecule has 4 heterocycles. The van der Waals surface area contributed by atoms with E-state index in [1.165, 1.54) is 19.6 Å². The van der Waals surface area contributed by atoms with Gasteiger partial charge in [-0.05, 0) is 38.6 Å². The monoisotopic (exact) mass is 452 g/mol. The summed E-state index contributed by atoms with van der Waals surface area (Å²) in [6.07, 6.45) is 4.02. The average molecular weight is 453 g/mol. The van der Waals surface area contributed by atoms with Crippen LogP contribution in [0.5, 0.6) is 5.75 Å². The summed E-state index contributed by atoms with van der Waals surface area (Å²) in [7, 11) is 3.57. The van der Waals surface area contributed by atoms with Crippen LogP contribution >= 0.6 is 0 Å². The Labute approximate surface area is 192 Å². The number of nitrogens with zero attached hydrogens (tertiary/aromatic N) is 3. The number of hydrogen-bond acceptors (Lipinski definition) is 6. The van der Waals surface area contributed by atoms with E-state index in [2.05, 4.69) is 43.5 Å². The number of carbonyl (C=O) groups excluding carboxylic acids is 1. The van der Waals surface area contributed by atoms with E-state index in [1.54, 1.807) is 18.3 Å². The molecule has 0 radical (unpaired) electrons. The molecule has 0 aliphatic carbocycles. The first kappa shape index (κ1) is 21.7. The maximum Gasteiger partial charge on any atom is 0.263 e. The second-order valence-corrected chi connectivity index (χ2v) is 8.72. The number of fused-ring (bicyclic) bond motifs is 1. The molecule has 8 nitrogen and oxygen atoms in total. The smallest absolute Gasteiger partial charge is 0.263 e. The van der Waals surface area contributed by atoms with Gasteiger partial charge in [0.1, 0.15) is 22.9 Å². The van der Waals surface area contributed by atoms with Gasteiger partial charge in [-0.15, -0.1) is 0 Å². The first-order chi connectivity index (χ1) is 16.0. The topological polar surface area (TPSA) is 85.5 Å². The van der Waals surface area contributed by atoms with Gasteiger partial charge in [-0.3, -0.25) is 9.69 Å². The van der Waals surface area contributed by atoms with E-state index in [1.807, 2.05) is 0 Å². The van der Waals surface area contributed by atoms with Crippen molar-refractivity contribution < 1.29 is 13.9 Å². The number of aromatic nitrogens is 2. The Balaban J connectivity index is 1.38. The lowest BCUT2D eigenvalue weighted by molar-refractivity contribution is 0.101. The maximum absolute atomic E-state index is 15.1. The standard InChI is InChI=1S/C24H29FN6O2/c1-30-7-3-4-20(30)19-10-15-14-27-22(13-18(15)28-19)29-24(32)23-17(25)11-16(12-21(23)33-2)31-8-5-26-6-9-31/h10-14,20,26,28H,3-9H2,1-2H3,(H,27,29,32)/t20-/m1/s1. The molecule has 2 aliphatic rings. The number of piperazine rings is 1. The molecule has 0 unspecified atom stereocenters. The Morgan fingerprint density at radius 1 is 1.21 bits per heavy atom. The molecule has 3 N–H and O–H groups in total. The molecule has 2 fully saturated rings. The lowest BCUT2D eigenvalue weighted by Gasteiger charge is -2.30. The number of anilines is 2. The van der Waals surface area contributed by atoms with Crippen molar-refractivity contribution in [3.8, 4) is 5.75 Å². The first-order valence-corrected chi connectivity index (χ1v) is 11.4. The van der Waals surface area contributed by atoms with Crippen LogP contribution in [0.3, 0.4) is 0 Å². The van der Waals surface area contributed by atoms with Crippen molar-refractivity contribution in [3.05, 3.63) is 47.5 Å². The highest BCUT2D eigenvalue weighted by molar-refractivity contribution is 6.06. The van der Waals surface area contributed by atoms with Gasteiger partial charge in [0, 0.05) is 67.3 Å². The number of H-pyrrole nitrogens is 1. The molecular formula is C24H29FN6O2. The van der Waals surface area contributed by atoms with Crippen LogP contribution in [0.15, 0.2) is 30.5 Å². The predicted molar refractivity (Wildman–Crippen MR) is 127 cm³/mol. The molecule has 2 saturated heterocycles. The molecule has 1 amide bonds. The van der Waals surface area contributed by atoms with Crippen LogP contribution in [-0.2, 0) is 0 Å².